The van der Waals surface area contributed by atoms with Crippen molar-refractivity contribution in [2.24, 2.45) is 0 Å². The molecule has 0 saturated heterocycles. The summed E-state index contributed by atoms with van der Waals surface area (Å²) in [6.45, 7) is 0. The standard InChI is InChI=1S/C30H17Cl2NS/c31-19-13-16-27-24(17-19)23-14-15-25(32)29(30(23)34-27)33-26-12-5-4-9-21(26)22-11-6-10-20(28(22)33)18-7-2-1-3-8-18/h1-17H. The number of hydrogen-bond acceptors (Lipinski definition) is 1. The van der Waals surface area contributed by atoms with E-state index in [-0.39, 0.29) is 0 Å². The van der Waals surface area contributed by atoms with Gasteiger partial charge < -0.3 is 4.57 Å². The van der Waals surface area contributed by atoms with Gasteiger partial charge in [-0.25, -0.2) is 0 Å². The lowest BCUT2D eigenvalue weighted by atomic mass is 10.0. The minimum Gasteiger partial charge on any atom is -0.306 e. The summed E-state index contributed by atoms with van der Waals surface area (Å²) in [7, 11) is 0. The number of hydrogen-bond donors (Lipinski definition) is 0. The number of nitrogens with zero attached hydrogens (tertiary/aromatic N) is 1. The van der Waals surface area contributed by atoms with Gasteiger partial charge in [0.1, 0.15) is 0 Å². The molecule has 0 unspecified atom stereocenters. The van der Waals surface area contributed by atoms with E-state index in [0.717, 1.165) is 31.3 Å². The van der Waals surface area contributed by atoms with Gasteiger partial charge in [0.15, 0.2) is 0 Å². The van der Waals surface area contributed by atoms with E-state index in [1.165, 1.54) is 37.5 Å². The summed E-state index contributed by atoms with van der Waals surface area (Å²) in [5.74, 6) is 0. The first-order valence-corrected chi connectivity index (χ1v) is 12.7. The second-order valence-corrected chi connectivity index (χ2v) is 10.3. The summed E-state index contributed by atoms with van der Waals surface area (Å²) in [4.78, 5) is 0. The number of fused-ring (bicyclic) bond motifs is 6. The van der Waals surface area contributed by atoms with Crippen LogP contribution < -0.4 is 0 Å². The van der Waals surface area contributed by atoms with Crippen LogP contribution in [0.1, 0.15) is 0 Å². The molecule has 7 aromatic rings. The van der Waals surface area contributed by atoms with E-state index in [4.69, 9.17) is 23.2 Å². The number of halogens is 2. The van der Waals surface area contributed by atoms with Crippen molar-refractivity contribution in [2.75, 3.05) is 0 Å². The first kappa shape index (κ1) is 20.1. The summed E-state index contributed by atoms with van der Waals surface area (Å²) in [5.41, 5.74) is 5.70. The Bertz CT molecular complexity index is 1880. The molecule has 34 heavy (non-hydrogen) atoms. The SMILES string of the molecule is Clc1ccc2sc3c(-n4c5ccccc5c5cccc(-c6ccccc6)c54)c(Cl)ccc3c2c1. The maximum atomic E-state index is 7.01. The van der Waals surface area contributed by atoms with Gasteiger partial charge in [0.2, 0.25) is 0 Å². The minimum absolute atomic E-state index is 0.732. The van der Waals surface area contributed by atoms with E-state index >= 15 is 0 Å². The van der Waals surface area contributed by atoms with Crippen molar-refractivity contribution in [3.05, 3.63) is 113 Å². The highest BCUT2D eigenvalue weighted by Crippen LogP contribution is 2.45. The number of thiophene rings is 1. The highest BCUT2D eigenvalue weighted by molar-refractivity contribution is 7.26. The summed E-state index contributed by atoms with van der Waals surface area (Å²) in [6.07, 6.45) is 0. The fourth-order valence-electron chi connectivity index (χ4n) is 5.08. The molecule has 0 bridgehead atoms. The monoisotopic (exact) mass is 493 g/mol. The van der Waals surface area contributed by atoms with Gasteiger partial charge in [0, 0.05) is 36.8 Å². The summed E-state index contributed by atoms with van der Waals surface area (Å²) < 4.78 is 4.72. The molecule has 1 nitrogen and oxygen atoms in total. The normalized spacial score (nSPS) is 11.8. The number of para-hydroxylation sites is 2. The van der Waals surface area contributed by atoms with Crippen molar-refractivity contribution in [1.82, 2.24) is 4.57 Å². The zero-order valence-corrected chi connectivity index (χ0v) is 20.3. The van der Waals surface area contributed by atoms with E-state index in [0.29, 0.717) is 0 Å². The van der Waals surface area contributed by atoms with Gasteiger partial charge >= 0.3 is 0 Å². The van der Waals surface area contributed by atoms with Crippen molar-refractivity contribution < 1.29 is 0 Å². The van der Waals surface area contributed by atoms with E-state index in [1.807, 2.05) is 12.1 Å². The van der Waals surface area contributed by atoms with E-state index in [1.54, 1.807) is 11.3 Å². The topological polar surface area (TPSA) is 4.93 Å². The van der Waals surface area contributed by atoms with Crippen molar-refractivity contribution in [1.29, 1.82) is 0 Å². The Morgan fingerprint density at radius 2 is 1.41 bits per heavy atom. The third-order valence-electron chi connectivity index (χ3n) is 6.53. The first-order chi connectivity index (χ1) is 16.7. The maximum absolute atomic E-state index is 7.01. The highest BCUT2D eigenvalue weighted by Gasteiger charge is 2.21. The van der Waals surface area contributed by atoms with Gasteiger partial charge in [-0.2, -0.15) is 0 Å². The smallest absolute Gasteiger partial charge is 0.0828 e. The lowest BCUT2D eigenvalue weighted by Gasteiger charge is -2.14. The fourth-order valence-corrected chi connectivity index (χ4v) is 6.77. The van der Waals surface area contributed by atoms with Crippen LogP contribution in [0.5, 0.6) is 0 Å². The fraction of sp³-hybridized carbons (Fsp3) is 0. The molecule has 2 heterocycles. The molecular formula is C30H17Cl2NS. The largest absolute Gasteiger partial charge is 0.306 e. The predicted octanol–water partition coefficient (Wildman–Crippen LogP) is 10.1. The third-order valence-corrected chi connectivity index (χ3v) is 8.26. The van der Waals surface area contributed by atoms with Gasteiger partial charge in [-0.05, 0) is 35.9 Å². The van der Waals surface area contributed by atoms with Gasteiger partial charge in [0.25, 0.3) is 0 Å². The quantitative estimate of drug-likeness (QED) is 0.225. The molecule has 0 radical (unpaired) electrons. The van der Waals surface area contributed by atoms with Gasteiger partial charge in [-0.1, -0.05) is 96.0 Å². The van der Waals surface area contributed by atoms with Gasteiger partial charge in [-0.15, -0.1) is 11.3 Å². The van der Waals surface area contributed by atoms with Crippen LogP contribution >= 0.6 is 34.5 Å². The zero-order chi connectivity index (χ0) is 22.8. The Morgan fingerprint density at radius 1 is 0.618 bits per heavy atom. The third kappa shape index (κ3) is 2.86. The van der Waals surface area contributed by atoms with E-state index < -0.39 is 0 Å². The van der Waals surface area contributed by atoms with Gasteiger partial charge in [0.05, 0.1) is 26.4 Å². The molecular weight excluding hydrogens is 477 g/mol. The Balaban J connectivity index is 1.71. The number of benzene rings is 5. The second kappa shape index (κ2) is 7.61. The Morgan fingerprint density at radius 3 is 2.29 bits per heavy atom. The average molecular weight is 494 g/mol. The van der Waals surface area contributed by atoms with Gasteiger partial charge in [-0.3, -0.25) is 0 Å². The first-order valence-electron chi connectivity index (χ1n) is 11.1. The summed E-state index contributed by atoms with van der Waals surface area (Å²) >= 11 is 15.1. The van der Waals surface area contributed by atoms with Crippen LogP contribution in [0.2, 0.25) is 10.0 Å². The van der Waals surface area contributed by atoms with Crippen molar-refractivity contribution in [3.63, 3.8) is 0 Å². The lowest BCUT2D eigenvalue weighted by Crippen LogP contribution is -1.97. The molecule has 5 aromatic carbocycles. The molecule has 0 atom stereocenters. The molecule has 162 valence electrons. The van der Waals surface area contributed by atoms with Crippen molar-refractivity contribution in [2.45, 2.75) is 0 Å². The van der Waals surface area contributed by atoms with Crippen LogP contribution in [0, 0.1) is 0 Å². The van der Waals surface area contributed by atoms with Crippen molar-refractivity contribution >= 4 is 76.5 Å². The van der Waals surface area contributed by atoms with Crippen LogP contribution in [-0.2, 0) is 0 Å². The van der Waals surface area contributed by atoms with Crippen LogP contribution in [0.25, 0.3) is 58.8 Å². The minimum atomic E-state index is 0.732. The predicted molar refractivity (Wildman–Crippen MR) is 149 cm³/mol. The molecule has 0 saturated carbocycles. The summed E-state index contributed by atoms with van der Waals surface area (Å²) in [6, 6.07) is 35.9. The molecule has 0 amide bonds. The zero-order valence-electron chi connectivity index (χ0n) is 17.9. The molecule has 0 aliphatic rings. The molecule has 7 rings (SSSR count). The molecule has 0 fully saturated rings. The molecule has 4 heteroatoms. The average Bonchev–Trinajstić information content (AvgIpc) is 3.40. The Kier molecular flexibility index (Phi) is 4.50. The molecule has 0 N–H and O–H groups in total. The van der Waals surface area contributed by atoms with Crippen LogP contribution in [0.3, 0.4) is 0 Å². The lowest BCUT2D eigenvalue weighted by molar-refractivity contribution is 1.20. The number of rotatable bonds is 2. The Hall–Kier alpha value is -3.30. The van der Waals surface area contributed by atoms with Crippen LogP contribution in [0.4, 0.5) is 0 Å². The highest BCUT2D eigenvalue weighted by atomic mass is 35.5. The van der Waals surface area contributed by atoms with Crippen molar-refractivity contribution in [3.8, 4) is 16.8 Å². The maximum Gasteiger partial charge on any atom is 0.0828 e. The van der Waals surface area contributed by atoms with Crippen LogP contribution in [-0.4, -0.2) is 4.57 Å². The number of aromatic nitrogens is 1. The molecule has 0 aliphatic carbocycles. The Labute approximate surface area is 210 Å². The molecule has 2 aromatic heterocycles. The van der Waals surface area contributed by atoms with Crippen LogP contribution in [0.15, 0.2) is 103 Å². The van der Waals surface area contributed by atoms with E-state index in [2.05, 4.69) is 95.6 Å². The molecule has 0 spiro atoms. The van der Waals surface area contributed by atoms with E-state index in [9.17, 15) is 0 Å². The second-order valence-electron chi connectivity index (χ2n) is 8.44. The summed E-state index contributed by atoms with van der Waals surface area (Å²) in [5, 5.41) is 6.24. The molecule has 0 aliphatic heterocycles.